The van der Waals surface area contributed by atoms with Crippen LogP contribution in [0.4, 0.5) is 11.6 Å². The molecule has 0 radical (unpaired) electrons. The molecule has 4 rings (SSSR count). The molecule has 2 saturated heterocycles. The van der Waals surface area contributed by atoms with Gasteiger partial charge in [0.05, 0.1) is 12.6 Å². The summed E-state index contributed by atoms with van der Waals surface area (Å²) in [6.45, 7) is 0.465. The molecule has 0 aliphatic carbocycles. The number of hydrogen-bond donors (Lipinski definition) is 3. The second-order valence-electron chi connectivity index (χ2n) is 4.31. The summed E-state index contributed by atoms with van der Waals surface area (Å²) in [5.41, 5.74) is -1.28. The molecule has 0 unspecified atom stereocenters. The van der Waals surface area contributed by atoms with E-state index < -0.39 is 12.0 Å². The first-order valence-corrected chi connectivity index (χ1v) is 5.11. The van der Waals surface area contributed by atoms with Crippen LogP contribution in [0, 0.1) is 0 Å². The number of fused-ring (bicyclic) bond motifs is 7. The Morgan fingerprint density at radius 1 is 1.38 bits per heavy atom. The Morgan fingerprint density at radius 2 is 2.25 bits per heavy atom. The zero-order valence-electron chi connectivity index (χ0n) is 8.21. The van der Waals surface area contributed by atoms with Gasteiger partial charge in [0.25, 0.3) is 0 Å². The number of nitrogens with one attached hydrogen (secondary N) is 2. The molecule has 8 heteroatoms. The predicted molar refractivity (Wildman–Crippen MR) is 49.5 cm³/mol. The second kappa shape index (κ2) is 2.65. The van der Waals surface area contributed by atoms with Crippen LogP contribution in [0.3, 0.4) is 0 Å². The molecule has 1 aromatic heterocycles. The van der Waals surface area contributed by atoms with E-state index in [-0.39, 0.29) is 12.1 Å². The van der Waals surface area contributed by atoms with Crippen molar-refractivity contribution in [2.45, 2.75) is 30.6 Å². The fourth-order valence-electron chi connectivity index (χ4n) is 2.44. The maximum absolute atomic E-state index is 10.4. The van der Waals surface area contributed by atoms with Crippen LogP contribution in [0.2, 0.25) is 0 Å². The number of rotatable bonds is 0. The Morgan fingerprint density at radius 3 is 3.19 bits per heavy atom. The monoisotopic (exact) mass is 226 g/mol. The molecule has 0 spiro atoms. The van der Waals surface area contributed by atoms with Crippen molar-refractivity contribution >= 4 is 11.6 Å². The van der Waals surface area contributed by atoms with Gasteiger partial charge in [0, 0.05) is 6.42 Å². The van der Waals surface area contributed by atoms with Gasteiger partial charge in [-0.15, -0.1) is 0 Å². The Balaban J connectivity index is 1.82. The molecule has 4 atom stereocenters. The lowest BCUT2D eigenvalue weighted by Gasteiger charge is -2.38. The second-order valence-corrected chi connectivity index (χ2v) is 4.31. The van der Waals surface area contributed by atoms with Crippen LogP contribution in [0.25, 0.3) is 0 Å². The first-order chi connectivity index (χ1) is 7.74. The van der Waals surface area contributed by atoms with Crippen molar-refractivity contribution in [3.63, 3.8) is 0 Å². The first kappa shape index (κ1) is 8.74. The Labute approximate surface area is 89.9 Å². The van der Waals surface area contributed by atoms with E-state index in [2.05, 4.69) is 25.6 Å². The third-order valence-electron chi connectivity index (χ3n) is 3.23. The van der Waals surface area contributed by atoms with Crippen LogP contribution < -0.4 is 10.6 Å². The molecule has 0 amide bonds. The maximum Gasteiger partial charge on any atom is 0.217 e. The summed E-state index contributed by atoms with van der Waals surface area (Å²) < 4.78 is 15.6. The third-order valence-corrected chi connectivity index (χ3v) is 3.23. The summed E-state index contributed by atoms with van der Waals surface area (Å²) in [5, 5.41) is 23.8. The van der Waals surface area contributed by atoms with Crippen molar-refractivity contribution in [2.24, 2.45) is 0 Å². The summed E-state index contributed by atoms with van der Waals surface area (Å²) in [5.74, 6) is 0.877. The predicted octanol–water partition coefficient (Wildman–Crippen LogP) is -0.891. The fourth-order valence-corrected chi connectivity index (χ4v) is 2.44. The molecular weight excluding hydrogens is 216 g/mol. The maximum atomic E-state index is 10.4. The highest BCUT2D eigenvalue weighted by molar-refractivity contribution is 5.61. The highest BCUT2D eigenvalue weighted by Gasteiger charge is 2.55. The first-order valence-electron chi connectivity index (χ1n) is 5.11. The lowest BCUT2D eigenvalue weighted by atomic mass is 9.97. The van der Waals surface area contributed by atoms with Gasteiger partial charge in [-0.2, -0.15) is 0 Å². The van der Waals surface area contributed by atoms with Gasteiger partial charge in [0.1, 0.15) is 6.10 Å². The van der Waals surface area contributed by atoms with Gasteiger partial charge in [-0.25, -0.2) is 4.63 Å². The molecule has 4 bridgehead atoms. The summed E-state index contributed by atoms with van der Waals surface area (Å²) >= 11 is 0. The van der Waals surface area contributed by atoms with Crippen molar-refractivity contribution in [1.29, 1.82) is 0 Å². The quantitative estimate of drug-likeness (QED) is 0.523. The van der Waals surface area contributed by atoms with Crippen molar-refractivity contribution in [2.75, 3.05) is 17.2 Å². The number of hydrogen-bond acceptors (Lipinski definition) is 8. The van der Waals surface area contributed by atoms with E-state index in [1.165, 1.54) is 0 Å². The summed E-state index contributed by atoms with van der Waals surface area (Å²) in [7, 11) is 0. The topological polar surface area (TPSA) is 102 Å². The Hall–Kier alpha value is -1.38. The molecule has 0 saturated carbocycles. The van der Waals surface area contributed by atoms with Crippen molar-refractivity contribution < 1.29 is 19.2 Å². The lowest BCUT2D eigenvalue weighted by Crippen LogP contribution is -2.57. The largest absolute Gasteiger partial charge is 0.366 e. The van der Waals surface area contributed by atoms with E-state index in [0.717, 1.165) is 0 Å². The molecule has 8 nitrogen and oxygen atoms in total. The van der Waals surface area contributed by atoms with Gasteiger partial charge in [-0.3, -0.25) is 0 Å². The summed E-state index contributed by atoms with van der Waals surface area (Å²) in [4.78, 5) is 0. The third kappa shape index (κ3) is 0.984. The minimum absolute atomic E-state index is 0.0654. The normalized spacial score (nSPS) is 44.2. The van der Waals surface area contributed by atoms with E-state index >= 15 is 0 Å². The Bertz CT molecular complexity index is 437. The molecule has 2 fully saturated rings. The zero-order chi connectivity index (χ0) is 10.8. The minimum atomic E-state index is -1.28. The van der Waals surface area contributed by atoms with Gasteiger partial charge in [0.2, 0.25) is 17.9 Å². The van der Waals surface area contributed by atoms with Crippen LogP contribution in [-0.2, 0) is 9.47 Å². The van der Waals surface area contributed by atoms with Crippen molar-refractivity contribution in [3.8, 4) is 0 Å². The van der Waals surface area contributed by atoms with Crippen LogP contribution in [0.5, 0.6) is 0 Å². The van der Waals surface area contributed by atoms with Gasteiger partial charge in [0.15, 0.2) is 5.72 Å². The molecule has 3 aliphatic heterocycles. The smallest absolute Gasteiger partial charge is 0.217 e. The molecule has 3 N–H and O–H groups in total. The molecule has 0 aromatic carbocycles. The highest BCUT2D eigenvalue weighted by Crippen LogP contribution is 2.40. The molecule has 4 heterocycles. The average Bonchev–Trinajstić information content (AvgIpc) is 2.83. The molecule has 16 heavy (non-hydrogen) atoms. The van der Waals surface area contributed by atoms with Gasteiger partial charge in [-0.05, 0) is 10.3 Å². The highest BCUT2D eigenvalue weighted by atomic mass is 16.7. The van der Waals surface area contributed by atoms with Gasteiger partial charge in [-0.1, -0.05) is 0 Å². The standard InChI is InChI=1S/C8H10N4O4/c13-8-1-3(4-2-14-7(8)15-4)9-5-6(10-8)12-16-11-5/h3-4,7,13H,1-2H2,(H,9,11)(H,10,12)/t3-,4-,7-,8+/m1/s1. The lowest BCUT2D eigenvalue weighted by molar-refractivity contribution is -0.200. The summed E-state index contributed by atoms with van der Waals surface area (Å²) in [6, 6.07) is -0.0654. The molecule has 86 valence electrons. The Kier molecular flexibility index (Phi) is 1.45. The number of anilines is 2. The summed E-state index contributed by atoms with van der Waals surface area (Å²) in [6.07, 6.45) is -0.270. The number of aromatic nitrogens is 2. The minimum Gasteiger partial charge on any atom is -0.366 e. The molecular formula is C8H10N4O4. The van der Waals surface area contributed by atoms with Crippen LogP contribution in [-0.4, -0.2) is 46.2 Å². The van der Waals surface area contributed by atoms with Crippen LogP contribution in [0.1, 0.15) is 6.42 Å². The van der Waals surface area contributed by atoms with Gasteiger partial charge >= 0.3 is 0 Å². The molecule has 1 aromatic rings. The number of nitrogens with zero attached hydrogens (tertiary/aromatic N) is 2. The van der Waals surface area contributed by atoms with Crippen LogP contribution >= 0.6 is 0 Å². The van der Waals surface area contributed by atoms with E-state index in [1.54, 1.807) is 0 Å². The molecule has 3 aliphatic rings. The van der Waals surface area contributed by atoms with E-state index in [1.807, 2.05) is 0 Å². The van der Waals surface area contributed by atoms with Crippen molar-refractivity contribution in [1.82, 2.24) is 10.3 Å². The zero-order valence-corrected chi connectivity index (χ0v) is 8.21. The van der Waals surface area contributed by atoms with E-state index in [0.29, 0.717) is 24.7 Å². The van der Waals surface area contributed by atoms with Crippen molar-refractivity contribution in [3.05, 3.63) is 0 Å². The van der Waals surface area contributed by atoms with Gasteiger partial charge < -0.3 is 25.2 Å². The van der Waals surface area contributed by atoms with E-state index in [9.17, 15) is 5.11 Å². The number of aliphatic hydroxyl groups is 1. The number of ether oxygens (including phenoxy) is 2. The van der Waals surface area contributed by atoms with E-state index in [4.69, 9.17) is 9.47 Å². The van der Waals surface area contributed by atoms with Crippen LogP contribution in [0.15, 0.2) is 4.63 Å². The fraction of sp³-hybridized carbons (Fsp3) is 0.750. The SMILES string of the molecule is O[C@]12C[C@@H](Nc3nonc3N1)[C@H]1CO[C@@H]2O1. The average molecular weight is 226 g/mol.